The minimum atomic E-state index is -1.16. The molecule has 0 rings (SSSR count). The van der Waals surface area contributed by atoms with Crippen molar-refractivity contribution >= 4 is 37.1 Å². The summed E-state index contributed by atoms with van der Waals surface area (Å²) in [7, 11) is 0. The Hall–Kier alpha value is -0.400. The van der Waals surface area contributed by atoms with Gasteiger partial charge in [-0.2, -0.15) is 25.3 Å². The maximum atomic E-state index is 11.2. The summed E-state index contributed by atoms with van der Waals surface area (Å²) in [6.45, 7) is 0. The number of nitrogens with two attached hydrogens (primary N) is 1. The molecule has 0 aromatic heterocycles. The van der Waals surface area contributed by atoms with E-state index in [4.69, 9.17) is 6.52 Å². The number of hydrogen-bond donors (Lipinski definition) is 5. The molecule has 0 fully saturated rings. The summed E-state index contributed by atoms with van der Waals surface area (Å²) in [5.74, 6) is -1.61. The largest absolute Gasteiger partial charge is 0.480 e. The quantitative estimate of drug-likeness (QED) is 0.365. The molecule has 0 bridgehead atoms. The predicted molar refractivity (Wildman–Crippen MR) is 55.2 cm³/mol. The van der Waals surface area contributed by atoms with Gasteiger partial charge in [-0.15, -0.1) is 0 Å². The van der Waals surface area contributed by atoms with Gasteiger partial charge < -0.3 is 16.2 Å². The second-order valence-corrected chi connectivity index (χ2v) is 3.05. The third kappa shape index (κ3) is 4.39. The maximum absolute atomic E-state index is 11.2. The van der Waals surface area contributed by atoms with Crippen molar-refractivity contribution in [2.24, 2.45) is 5.73 Å². The van der Waals surface area contributed by atoms with Crippen LogP contribution in [-0.4, -0.2) is 40.6 Å². The Morgan fingerprint density at radius 2 is 2.15 bits per heavy atom. The van der Waals surface area contributed by atoms with Gasteiger partial charge in [-0.3, -0.25) is 4.79 Å². The van der Waals surface area contributed by atoms with Gasteiger partial charge in [-0.05, 0) is 0 Å². The predicted octanol–water partition coefficient (Wildman–Crippen LogP) is -1.26. The number of carbonyl (C=O) groups excluding carboxylic acids is 1. The smallest absolute Gasteiger partial charge is 0.327 e. The average Bonchev–Trinajstić information content (AvgIpc) is 2.15. The maximum Gasteiger partial charge on any atom is 0.327 e. The highest BCUT2D eigenvalue weighted by molar-refractivity contribution is 7.80. The van der Waals surface area contributed by atoms with E-state index in [-0.39, 0.29) is 11.5 Å². The highest BCUT2D eigenvalue weighted by Crippen LogP contribution is 1.91. The van der Waals surface area contributed by atoms with Crippen LogP contribution in [0.2, 0.25) is 1.41 Å². The van der Waals surface area contributed by atoms with Crippen LogP contribution < -0.4 is 11.0 Å². The SMILES string of the molecule is [2H]N[C@H](CS)C(=O)N[C@@H](CS)C(=O)O. The molecule has 13 heavy (non-hydrogen) atoms. The van der Waals surface area contributed by atoms with Crippen molar-refractivity contribution < 1.29 is 16.1 Å². The molecule has 76 valence electrons. The number of carboxylic acid groups (broad SMARTS) is 1. The zero-order valence-corrected chi connectivity index (χ0v) is 8.52. The minimum Gasteiger partial charge on any atom is -0.480 e. The monoisotopic (exact) mass is 225 g/mol. The first-order chi connectivity index (χ1) is 6.56. The number of thiol groups is 2. The first kappa shape index (κ1) is 10.7. The van der Waals surface area contributed by atoms with Crippen molar-refractivity contribution in [3.8, 4) is 0 Å². The van der Waals surface area contributed by atoms with Gasteiger partial charge >= 0.3 is 5.97 Å². The van der Waals surface area contributed by atoms with Crippen molar-refractivity contribution in [2.75, 3.05) is 11.5 Å². The molecule has 0 aliphatic rings. The van der Waals surface area contributed by atoms with Crippen molar-refractivity contribution in [1.29, 1.82) is 0 Å². The van der Waals surface area contributed by atoms with Crippen LogP contribution in [0.1, 0.15) is 0 Å². The number of carbonyl (C=O) groups is 2. The fourth-order valence-corrected chi connectivity index (χ4v) is 0.954. The van der Waals surface area contributed by atoms with Gasteiger partial charge in [0.1, 0.15) is 7.45 Å². The molecule has 2 atom stereocenters. The molecule has 1 amide bonds. The Morgan fingerprint density at radius 1 is 1.54 bits per heavy atom. The Morgan fingerprint density at radius 3 is 2.46 bits per heavy atom. The van der Waals surface area contributed by atoms with Gasteiger partial charge in [0, 0.05) is 11.5 Å². The number of amides is 1. The van der Waals surface area contributed by atoms with Crippen LogP contribution in [0.5, 0.6) is 0 Å². The third-order valence-electron chi connectivity index (χ3n) is 1.30. The fraction of sp³-hybridized carbons (Fsp3) is 0.667. The summed E-state index contributed by atoms with van der Waals surface area (Å²) >= 11 is 7.60. The molecule has 5 nitrogen and oxygen atoms in total. The molecule has 0 saturated carbocycles. The lowest BCUT2D eigenvalue weighted by molar-refractivity contribution is -0.141. The van der Waals surface area contributed by atoms with E-state index in [1.54, 1.807) is 0 Å². The normalized spacial score (nSPS) is 15.7. The van der Waals surface area contributed by atoms with Crippen LogP contribution in [0.15, 0.2) is 0 Å². The summed E-state index contributed by atoms with van der Waals surface area (Å²) < 4.78 is 6.77. The van der Waals surface area contributed by atoms with E-state index in [0.29, 0.717) is 0 Å². The Labute approximate surface area is 88.3 Å². The summed E-state index contributed by atoms with van der Waals surface area (Å²) in [6.07, 6.45) is 0. The highest BCUT2D eigenvalue weighted by atomic mass is 32.1. The lowest BCUT2D eigenvalue weighted by Crippen LogP contribution is -2.49. The molecule has 0 radical (unpaired) electrons. The van der Waals surface area contributed by atoms with E-state index in [1.807, 2.05) is 5.73 Å². The first-order valence-corrected chi connectivity index (χ1v) is 4.75. The van der Waals surface area contributed by atoms with Crippen LogP contribution in [0.4, 0.5) is 0 Å². The molecular formula is C6H12N2O3S2. The van der Waals surface area contributed by atoms with E-state index in [0.717, 1.165) is 0 Å². The fourth-order valence-electron chi connectivity index (χ4n) is 0.541. The van der Waals surface area contributed by atoms with Gasteiger partial charge in [0.2, 0.25) is 5.91 Å². The zero-order chi connectivity index (χ0) is 11.1. The molecule has 0 aliphatic heterocycles. The van der Waals surface area contributed by atoms with Crippen molar-refractivity contribution in [1.82, 2.24) is 5.32 Å². The van der Waals surface area contributed by atoms with Gasteiger partial charge in [-0.25, -0.2) is 4.79 Å². The lowest BCUT2D eigenvalue weighted by Gasteiger charge is -2.14. The first-order valence-electron chi connectivity index (χ1n) is 3.99. The van der Waals surface area contributed by atoms with Crippen molar-refractivity contribution in [3.63, 3.8) is 0 Å². The third-order valence-corrected chi connectivity index (χ3v) is 2.03. The summed E-state index contributed by atoms with van der Waals surface area (Å²) in [6, 6.07) is -1.86. The molecule has 0 aromatic rings. The number of hydrogen-bond acceptors (Lipinski definition) is 5. The average molecular weight is 225 g/mol. The molecule has 0 heterocycles. The molecule has 0 saturated heterocycles. The van der Waals surface area contributed by atoms with E-state index in [2.05, 4.69) is 30.6 Å². The Balaban J connectivity index is 4.20. The number of nitrogens with one attached hydrogen (secondary N) is 1. The van der Waals surface area contributed by atoms with E-state index < -0.39 is 24.0 Å². The summed E-state index contributed by atoms with van der Waals surface area (Å²) in [5, 5.41) is 10.8. The van der Waals surface area contributed by atoms with Gasteiger partial charge in [0.25, 0.3) is 0 Å². The van der Waals surface area contributed by atoms with Crippen LogP contribution in [0.3, 0.4) is 0 Å². The Kier molecular flexibility index (Phi) is 5.02. The van der Waals surface area contributed by atoms with Gasteiger partial charge in [0.15, 0.2) is 0 Å². The molecule has 0 spiro atoms. The van der Waals surface area contributed by atoms with Crippen molar-refractivity contribution in [2.45, 2.75) is 12.1 Å². The standard InChI is InChI=1S/C6H12N2O3S2/c7-3(1-12)5(9)8-4(2-13)6(10)11/h3-4,12-13H,1-2,7H2,(H,8,9)(H,10,11)/t3-,4+/m1/s1/i/hD. The van der Waals surface area contributed by atoms with Crippen LogP contribution in [0, 0.1) is 0 Å². The van der Waals surface area contributed by atoms with Crippen LogP contribution >= 0.6 is 25.3 Å². The minimum absolute atomic E-state index is 0.00162. The van der Waals surface area contributed by atoms with E-state index in [1.165, 1.54) is 0 Å². The number of aliphatic carboxylic acids is 1. The number of carboxylic acids is 1. The topological polar surface area (TPSA) is 92.4 Å². The molecule has 4 N–H and O–H groups in total. The molecule has 0 aliphatic carbocycles. The second kappa shape index (κ2) is 6.11. The van der Waals surface area contributed by atoms with Crippen molar-refractivity contribution in [3.05, 3.63) is 0 Å². The lowest BCUT2D eigenvalue weighted by atomic mass is 10.3. The van der Waals surface area contributed by atoms with E-state index >= 15 is 0 Å². The zero-order valence-electron chi connectivity index (χ0n) is 7.73. The molecular weight excluding hydrogens is 212 g/mol. The Bertz CT molecular complexity index is 213. The molecule has 0 aromatic carbocycles. The summed E-state index contributed by atoms with van der Waals surface area (Å²) in [5.41, 5.74) is 1.96. The van der Waals surface area contributed by atoms with E-state index in [9.17, 15) is 9.59 Å². The van der Waals surface area contributed by atoms with Gasteiger partial charge in [0.05, 0.1) is 6.04 Å². The molecule has 7 heteroatoms. The van der Waals surface area contributed by atoms with Crippen LogP contribution in [0.25, 0.3) is 0 Å². The van der Waals surface area contributed by atoms with Gasteiger partial charge in [-0.1, -0.05) is 0 Å². The second-order valence-electron chi connectivity index (χ2n) is 2.32. The van der Waals surface area contributed by atoms with Crippen LogP contribution in [-0.2, 0) is 9.59 Å². The molecule has 0 unspecified atom stereocenters. The summed E-state index contributed by atoms with van der Waals surface area (Å²) in [4.78, 5) is 21.8. The number of rotatable bonds is 6. The highest BCUT2D eigenvalue weighted by Gasteiger charge is 2.20.